The van der Waals surface area contributed by atoms with Crippen molar-refractivity contribution in [3.05, 3.63) is 40.5 Å². The smallest absolute Gasteiger partial charge is 0.233 e. The molecule has 4 nitrogen and oxygen atoms in total. The molecule has 0 bridgehead atoms. The Bertz CT molecular complexity index is 511. The molecule has 0 atom stereocenters. The number of aliphatic hydroxyl groups excluding tert-OH is 1. The molecule has 0 saturated carbocycles. The van der Waals surface area contributed by atoms with Crippen molar-refractivity contribution in [3.63, 3.8) is 0 Å². The number of benzene rings is 1. The van der Waals surface area contributed by atoms with E-state index in [9.17, 15) is 0 Å². The van der Waals surface area contributed by atoms with Crippen molar-refractivity contribution < 1.29 is 9.84 Å². The van der Waals surface area contributed by atoms with Gasteiger partial charge in [-0.1, -0.05) is 15.9 Å². The van der Waals surface area contributed by atoms with Crippen LogP contribution in [0.25, 0.3) is 5.69 Å². The highest BCUT2D eigenvalue weighted by molar-refractivity contribution is 9.10. The number of aromatic nitrogens is 2. The Kier molecular flexibility index (Phi) is 3.81. The highest BCUT2D eigenvalue weighted by Crippen LogP contribution is 2.20. The number of aryl methyl sites for hydroxylation is 1. The molecule has 1 aromatic carbocycles. The van der Waals surface area contributed by atoms with Crippen molar-refractivity contribution in [1.82, 2.24) is 9.78 Å². The van der Waals surface area contributed by atoms with Gasteiger partial charge in [0.1, 0.15) is 6.61 Å². The summed E-state index contributed by atoms with van der Waals surface area (Å²) in [6.07, 6.45) is 1.84. The molecule has 0 radical (unpaired) electrons. The molecule has 0 fully saturated rings. The van der Waals surface area contributed by atoms with Crippen LogP contribution >= 0.6 is 15.9 Å². The first kappa shape index (κ1) is 12.1. The van der Waals surface area contributed by atoms with Gasteiger partial charge in [0.05, 0.1) is 12.3 Å². The fourth-order valence-electron chi connectivity index (χ4n) is 1.54. The summed E-state index contributed by atoms with van der Waals surface area (Å²) in [7, 11) is 0. The lowest BCUT2D eigenvalue weighted by Crippen LogP contribution is -2.03. The second-order valence-corrected chi connectivity index (χ2v) is 4.52. The molecule has 0 spiro atoms. The molecule has 1 heterocycles. The van der Waals surface area contributed by atoms with E-state index in [1.165, 1.54) is 0 Å². The first-order valence-electron chi connectivity index (χ1n) is 5.26. The lowest BCUT2D eigenvalue weighted by atomic mass is 10.2. The topological polar surface area (TPSA) is 47.3 Å². The van der Waals surface area contributed by atoms with Crippen LogP contribution in [-0.2, 0) is 0 Å². The summed E-state index contributed by atoms with van der Waals surface area (Å²) in [4.78, 5) is 0. The van der Waals surface area contributed by atoms with Gasteiger partial charge in [-0.2, -0.15) is 0 Å². The number of ether oxygens (including phenoxy) is 1. The molecular formula is C12H13BrN2O2. The fourth-order valence-corrected chi connectivity index (χ4v) is 2.02. The third-order valence-corrected chi connectivity index (χ3v) is 2.80. The lowest BCUT2D eigenvalue weighted by Gasteiger charge is -2.06. The van der Waals surface area contributed by atoms with E-state index in [1.54, 1.807) is 10.7 Å². The third kappa shape index (κ3) is 2.87. The SMILES string of the molecule is Cc1cc(Br)ccc1-n1ccc(OCCO)n1. The average Bonchev–Trinajstić information content (AvgIpc) is 2.75. The van der Waals surface area contributed by atoms with Crippen molar-refractivity contribution in [3.8, 4) is 11.6 Å². The molecule has 0 aliphatic rings. The summed E-state index contributed by atoms with van der Waals surface area (Å²) in [5.74, 6) is 0.515. The molecule has 0 unspecified atom stereocenters. The minimum absolute atomic E-state index is 0.00975. The molecule has 0 amide bonds. The third-order valence-electron chi connectivity index (χ3n) is 2.31. The predicted molar refractivity (Wildman–Crippen MR) is 68.6 cm³/mol. The van der Waals surface area contributed by atoms with Crippen LogP contribution in [0.4, 0.5) is 0 Å². The average molecular weight is 297 g/mol. The molecule has 5 heteroatoms. The summed E-state index contributed by atoms with van der Waals surface area (Å²) < 4.78 is 8.03. The van der Waals surface area contributed by atoms with Crippen molar-refractivity contribution >= 4 is 15.9 Å². The molecule has 2 aromatic rings. The maximum Gasteiger partial charge on any atom is 0.233 e. The molecular weight excluding hydrogens is 284 g/mol. The highest BCUT2D eigenvalue weighted by Gasteiger charge is 2.04. The Morgan fingerprint density at radius 1 is 1.41 bits per heavy atom. The molecule has 1 N–H and O–H groups in total. The molecule has 17 heavy (non-hydrogen) atoms. The van der Waals surface area contributed by atoms with E-state index in [2.05, 4.69) is 21.0 Å². The molecule has 90 valence electrons. The van der Waals surface area contributed by atoms with Crippen LogP contribution in [0.5, 0.6) is 5.88 Å². The van der Waals surface area contributed by atoms with Crippen LogP contribution in [-0.4, -0.2) is 28.1 Å². The van der Waals surface area contributed by atoms with Crippen LogP contribution in [0.1, 0.15) is 5.56 Å². The zero-order valence-corrected chi connectivity index (χ0v) is 11.0. The minimum atomic E-state index is -0.00975. The number of hydrogen-bond donors (Lipinski definition) is 1. The Morgan fingerprint density at radius 2 is 2.24 bits per heavy atom. The molecule has 1 aromatic heterocycles. The Morgan fingerprint density at radius 3 is 2.94 bits per heavy atom. The van der Waals surface area contributed by atoms with Crippen molar-refractivity contribution in [2.24, 2.45) is 0 Å². The maximum atomic E-state index is 8.66. The maximum absolute atomic E-state index is 8.66. The normalized spacial score (nSPS) is 10.5. The zero-order valence-electron chi connectivity index (χ0n) is 9.43. The number of nitrogens with zero attached hydrogens (tertiary/aromatic N) is 2. The lowest BCUT2D eigenvalue weighted by molar-refractivity contribution is 0.196. The zero-order chi connectivity index (χ0) is 12.3. The standard InChI is InChI=1S/C12H13BrN2O2/c1-9-8-10(13)2-3-11(9)15-5-4-12(14-15)17-7-6-16/h2-5,8,16H,6-7H2,1H3. The Balaban J connectivity index is 2.24. The van der Waals surface area contributed by atoms with Crippen LogP contribution in [0.3, 0.4) is 0 Å². The Labute approximate surface area is 108 Å². The number of hydrogen-bond acceptors (Lipinski definition) is 3. The van der Waals surface area contributed by atoms with Crippen molar-refractivity contribution in [1.29, 1.82) is 0 Å². The van der Waals surface area contributed by atoms with Gasteiger partial charge in [-0.05, 0) is 30.7 Å². The van der Waals surface area contributed by atoms with Crippen LogP contribution in [0.15, 0.2) is 34.9 Å². The van der Waals surface area contributed by atoms with Gasteiger partial charge in [0.2, 0.25) is 5.88 Å². The van der Waals surface area contributed by atoms with Crippen molar-refractivity contribution in [2.45, 2.75) is 6.92 Å². The molecule has 0 saturated heterocycles. The van der Waals surface area contributed by atoms with E-state index in [0.29, 0.717) is 5.88 Å². The van der Waals surface area contributed by atoms with Crippen LogP contribution in [0, 0.1) is 6.92 Å². The first-order chi connectivity index (χ1) is 8.20. The minimum Gasteiger partial charge on any atom is -0.474 e. The van der Waals surface area contributed by atoms with Gasteiger partial charge in [0.25, 0.3) is 0 Å². The van der Waals surface area contributed by atoms with Crippen LogP contribution < -0.4 is 4.74 Å². The number of rotatable bonds is 4. The summed E-state index contributed by atoms with van der Waals surface area (Å²) in [6, 6.07) is 7.77. The van der Waals surface area contributed by atoms with E-state index in [4.69, 9.17) is 9.84 Å². The number of aliphatic hydroxyl groups is 1. The van der Waals surface area contributed by atoms with E-state index < -0.39 is 0 Å². The van der Waals surface area contributed by atoms with E-state index >= 15 is 0 Å². The Hall–Kier alpha value is -1.33. The van der Waals surface area contributed by atoms with Gasteiger partial charge >= 0.3 is 0 Å². The van der Waals surface area contributed by atoms with Crippen LogP contribution in [0.2, 0.25) is 0 Å². The molecule has 2 rings (SSSR count). The summed E-state index contributed by atoms with van der Waals surface area (Å²) in [6.45, 7) is 2.27. The second-order valence-electron chi connectivity index (χ2n) is 3.60. The van der Waals surface area contributed by atoms with Gasteiger partial charge in [-0.3, -0.25) is 0 Å². The summed E-state index contributed by atoms with van der Waals surface area (Å²) in [5, 5.41) is 12.9. The number of halogens is 1. The van der Waals surface area contributed by atoms with Crippen molar-refractivity contribution in [2.75, 3.05) is 13.2 Å². The quantitative estimate of drug-likeness (QED) is 0.942. The van der Waals surface area contributed by atoms with Gasteiger partial charge in [0, 0.05) is 16.7 Å². The highest BCUT2D eigenvalue weighted by atomic mass is 79.9. The van der Waals surface area contributed by atoms with E-state index in [1.807, 2.05) is 31.3 Å². The van der Waals surface area contributed by atoms with Gasteiger partial charge in [-0.15, -0.1) is 5.10 Å². The van der Waals surface area contributed by atoms with E-state index in [-0.39, 0.29) is 13.2 Å². The van der Waals surface area contributed by atoms with E-state index in [0.717, 1.165) is 15.7 Å². The summed E-state index contributed by atoms with van der Waals surface area (Å²) in [5.41, 5.74) is 2.13. The monoisotopic (exact) mass is 296 g/mol. The molecule has 0 aliphatic heterocycles. The fraction of sp³-hybridized carbons (Fsp3) is 0.250. The first-order valence-corrected chi connectivity index (χ1v) is 6.06. The van der Waals surface area contributed by atoms with Gasteiger partial charge in [-0.25, -0.2) is 4.68 Å². The molecule has 0 aliphatic carbocycles. The second kappa shape index (κ2) is 5.33. The summed E-state index contributed by atoms with van der Waals surface area (Å²) >= 11 is 3.43. The predicted octanol–water partition coefficient (Wildman–Crippen LogP) is 2.31. The van der Waals surface area contributed by atoms with Gasteiger partial charge in [0.15, 0.2) is 0 Å². The van der Waals surface area contributed by atoms with Gasteiger partial charge < -0.3 is 9.84 Å². The largest absolute Gasteiger partial charge is 0.474 e.